The summed E-state index contributed by atoms with van der Waals surface area (Å²) in [6.07, 6.45) is 0.0984. The van der Waals surface area contributed by atoms with Crippen molar-refractivity contribution in [1.29, 1.82) is 0 Å². The van der Waals surface area contributed by atoms with E-state index in [2.05, 4.69) is 4.74 Å². The lowest BCUT2D eigenvalue weighted by Gasteiger charge is -2.00. The number of rotatable bonds is 2. The lowest BCUT2D eigenvalue weighted by Crippen LogP contribution is -2.05. The molecule has 2 nitrogen and oxygen atoms in total. The van der Waals surface area contributed by atoms with Gasteiger partial charge >= 0.3 is 0 Å². The second-order valence-electron chi connectivity index (χ2n) is 1.10. The molecule has 0 aliphatic carbocycles. The molecule has 0 aromatic heterocycles. The highest BCUT2D eigenvalue weighted by Crippen LogP contribution is 1.85. The van der Waals surface area contributed by atoms with Crippen LogP contribution in [0.15, 0.2) is 0 Å². The van der Waals surface area contributed by atoms with Crippen LogP contribution in [0, 0.1) is 0 Å². The van der Waals surface area contributed by atoms with Crippen LogP contribution in [-0.2, 0) is 4.74 Å². The van der Waals surface area contributed by atoms with E-state index in [0.717, 1.165) is 0 Å². The third-order valence-electron chi connectivity index (χ3n) is 0.621. The van der Waals surface area contributed by atoms with E-state index in [-0.39, 0.29) is 11.0 Å². The number of aliphatic hydroxyl groups is 1. The molecule has 0 radical (unpaired) electrons. The Morgan fingerprint density at radius 3 is 2.14 bits per heavy atom. The molecule has 0 spiro atoms. The molecule has 0 saturated carbocycles. The Balaban J connectivity index is 0. The summed E-state index contributed by atoms with van der Waals surface area (Å²) in [6, 6.07) is 0. The molecule has 0 amide bonds. The molecular formula is C4H14O2Si. The highest BCUT2D eigenvalue weighted by atomic mass is 28.1. The van der Waals surface area contributed by atoms with E-state index in [1.165, 1.54) is 7.11 Å². The van der Waals surface area contributed by atoms with Crippen molar-refractivity contribution >= 4 is 11.0 Å². The maximum atomic E-state index is 8.44. The Kier molecular flexibility index (Phi) is 8.93. The fourth-order valence-corrected chi connectivity index (χ4v) is 0.167. The third kappa shape index (κ3) is 6.14. The van der Waals surface area contributed by atoms with Crippen LogP contribution in [-0.4, -0.2) is 29.5 Å². The minimum atomic E-state index is -0.565. The topological polar surface area (TPSA) is 29.5 Å². The van der Waals surface area contributed by atoms with Gasteiger partial charge in [-0.05, 0) is 17.4 Å². The molecule has 1 N–H and O–H groups in total. The van der Waals surface area contributed by atoms with Gasteiger partial charge in [0.25, 0.3) is 0 Å². The summed E-state index contributed by atoms with van der Waals surface area (Å²) in [7, 11) is 1.48. The first kappa shape index (κ1) is 10.2. The van der Waals surface area contributed by atoms with Gasteiger partial charge in [-0.1, -0.05) is 6.92 Å². The summed E-state index contributed by atoms with van der Waals surface area (Å²) in [6.45, 7) is 1.86. The molecule has 0 rings (SSSR count). The van der Waals surface area contributed by atoms with Crippen molar-refractivity contribution < 1.29 is 9.84 Å². The summed E-state index contributed by atoms with van der Waals surface area (Å²) < 4.78 is 4.45. The highest BCUT2D eigenvalue weighted by Gasteiger charge is 1.90. The van der Waals surface area contributed by atoms with Crippen molar-refractivity contribution in [2.45, 2.75) is 19.6 Å². The lowest BCUT2D eigenvalue weighted by molar-refractivity contribution is -0.0748. The fraction of sp³-hybridized carbons (Fsp3) is 1.00. The van der Waals surface area contributed by atoms with Crippen LogP contribution in [0.5, 0.6) is 0 Å². The van der Waals surface area contributed by atoms with E-state index in [1.54, 1.807) is 0 Å². The molecule has 0 aromatic carbocycles. The standard InChI is InChI=1S/C4H10O2.H4Si/c1-3-4(5)6-2;/h4-5H,3H2,1-2H3;1H4. The molecule has 1 unspecified atom stereocenters. The first-order chi connectivity index (χ1) is 2.81. The third-order valence-corrected chi connectivity index (χ3v) is 0.621. The van der Waals surface area contributed by atoms with Crippen molar-refractivity contribution in [1.82, 2.24) is 0 Å². The van der Waals surface area contributed by atoms with Crippen LogP contribution in [0.3, 0.4) is 0 Å². The largest absolute Gasteiger partial charge is 0.368 e. The zero-order valence-corrected chi connectivity index (χ0v) is 4.14. The summed E-state index contributed by atoms with van der Waals surface area (Å²) >= 11 is 0. The number of aliphatic hydroxyl groups excluding tert-OH is 1. The van der Waals surface area contributed by atoms with Crippen molar-refractivity contribution in [2.75, 3.05) is 7.11 Å². The number of hydrogen-bond donors (Lipinski definition) is 1. The molecule has 0 aromatic rings. The van der Waals surface area contributed by atoms with Gasteiger partial charge < -0.3 is 9.84 Å². The van der Waals surface area contributed by atoms with E-state index >= 15 is 0 Å². The van der Waals surface area contributed by atoms with Gasteiger partial charge in [-0.25, -0.2) is 0 Å². The molecule has 0 bridgehead atoms. The monoisotopic (exact) mass is 122 g/mol. The van der Waals surface area contributed by atoms with Gasteiger partial charge in [0.05, 0.1) is 0 Å². The molecule has 0 aliphatic rings. The van der Waals surface area contributed by atoms with Crippen molar-refractivity contribution in [3.8, 4) is 0 Å². The van der Waals surface area contributed by atoms with Gasteiger partial charge in [0.2, 0.25) is 0 Å². The molecule has 0 saturated heterocycles. The SMILES string of the molecule is CCC(O)OC.[SiH4]. The van der Waals surface area contributed by atoms with Crippen LogP contribution in [0.2, 0.25) is 0 Å². The summed E-state index contributed by atoms with van der Waals surface area (Å²) in [4.78, 5) is 0. The van der Waals surface area contributed by atoms with Crippen LogP contribution < -0.4 is 0 Å². The van der Waals surface area contributed by atoms with Gasteiger partial charge in [0, 0.05) is 7.11 Å². The quantitative estimate of drug-likeness (QED) is 0.372. The average molecular weight is 122 g/mol. The van der Waals surface area contributed by atoms with Crippen LogP contribution >= 0.6 is 0 Å². The normalized spacial score (nSPS) is 12.4. The van der Waals surface area contributed by atoms with Crippen LogP contribution in [0.4, 0.5) is 0 Å². The predicted molar refractivity (Wildman–Crippen MR) is 34.6 cm³/mol. The molecule has 0 fully saturated rings. The van der Waals surface area contributed by atoms with Gasteiger partial charge in [0.1, 0.15) is 0 Å². The second-order valence-corrected chi connectivity index (χ2v) is 1.10. The molecule has 0 aliphatic heterocycles. The highest BCUT2D eigenvalue weighted by molar-refractivity contribution is 5.75. The number of methoxy groups -OCH3 is 1. The average Bonchev–Trinajstić information content (AvgIpc) is 1.65. The minimum Gasteiger partial charge on any atom is -0.368 e. The predicted octanol–water partition coefficient (Wildman–Crippen LogP) is -1.09. The van der Waals surface area contributed by atoms with Gasteiger partial charge in [0.15, 0.2) is 6.29 Å². The first-order valence-electron chi connectivity index (χ1n) is 2.02. The molecule has 1 atom stereocenters. The van der Waals surface area contributed by atoms with Crippen LogP contribution in [0.25, 0.3) is 0 Å². The Hall–Kier alpha value is 0.137. The lowest BCUT2D eigenvalue weighted by atomic mass is 10.5. The Bertz CT molecular complexity index is 28.9. The van der Waals surface area contributed by atoms with E-state index in [0.29, 0.717) is 6.42 Å². The van der Waals surface area contributed by atoms with Crippen LogP contribution in [0.1, 0.15) is 13.3 Å². The van der Waals surface area contributed by atoms with Crippen molar-refractivity contribution in [2.24, 2.45) is 0 Å². The summed E-state index contributed by atoms with van der Waals surface area (Å²) in [5, 5.41) is 8.44. The maximum Gasteiger partial charge on any atom is 0.153 e. The zero-order chi connectivity index (χ0) is 4.99. The fourth-order valence-electron chi connectivity index (χ4n) is 0.167. The smallest absolute Gasteiger partial charge is 0.153 e. The summed E-state index contributed by atoms with van der Waals surface area (Å²) in [5.74, 6) is 0. The Morgan fingerprint density at radius 1 is 1.71 bits per heavy atom. The number of ether oxygens (including phenoxy) is 1. The number of hydrogen-bond acceptors (Lipinski definition) is 2. The molecule has 3 heteroatoms. The van der Waals surface area contributed by atoms with E-state index < -0.39 is 6.29 Å². The van der Waals surface area contributed by atoms with Crippen molar-refractivity contribution in [3.63, 3.8) is 0 Å². The molecular weight excluding hydrogens is 108 g/mol. The first-order valence-corrected chi connectivity index (χ1v) is 2.02. The van der Waals surface area contributed by atoms with Gasteiger partial charge in [-0.3, -0.25) is 0 Å². The molecule has 46 valence electrons. The second kappa shape index (κ2) is 6.14. The zero-order valence-electron chi connectivity index (χ0n) is 4.14. The molecule has 7 heavy (non-hydrogen) atoms. The Morgan fingerprint density at radius 2 is 2.14 bits per heavy atom. The molecule has 0 heterocycles. The maximum absolute atomic E-state index is 8.44. The van der Waals surface area contributed by atoms with Crippen molar-refractivity contribution in [3.05, 3.63) is 0 Å². The summed E-state index contributed by atoms with van der Waals surface area (Å²) in [5.41, 5.74) is 0. The van der Waals surface area contributed by atoms with Gasteiger partial charge in [-0.15, -0.1) is 0 Å². The van der Waals surface area contributed by atoms with E-state index in [1.807, 2.05) is 6.92 Å². The minimum absolute atomic E-state index is 0. The van der Waals surface area contributed by atoms with E-state index in [9.17, 15) is 0 Å². The van der Waals surface area contributed by atoms with Gasteiger partial charge in [-0.2, -0.15) is 0 Å². The Labute approximate surface area is 48.5 Å². The van der Waals surface area contributed by atoms with E-state index in [4.69, 9.17) is 5.11 Å².